The number of aromatic nitrogens is 2. The van der Waals surface area contributed by atoms with Crippen molar-refractivity contribution in [3.8, 4) is 11.3 Å². The van der Waals surface area contributed by atoms with Gasteiger partial charge in [0.15, 0.2) is 11.5 Å². The van der Waals surface area contributed by atoms with Crippen LogP contribution in [0.15, 0.2) is 45.7 Å². The SMILES string of the molecule is NC(=O)c1cc2c([nH]c1=O)CCN(C(=O)c1cc(-c3ccccc3[N+](=O)[O-])on1)C2. The maximum absolute atomic E-state index is 12.9. The van der Waals surface area contributed by atoms with E-state index in [1.165, 1.54) is 35.2 Å². The maximum Gasteiger partial charge on any atom is 0.280 e. The smallest absolute Gasteiger partial charge is 0.280 e. The highest BCUT2D eigenvalue weighted by Crippen LogP contribution is 2.30. The molecule has 2 aromatic heterocycles. The van der Waals surface area contributed by atoms with Crippen LogP contribution >= 0.6 is 0 Å². The second-order valence-corrected chi connectivity index (χ2v) is 6.71. The van der Waals surface area contributed by atoms with Gasteiger partial charge in [-0.1, -0.05) is 17.3 Å². The molecule has 0 atom stereocenters. The van der Waals surface area contributed by atoms with Gasteiger partial charge in [0, 0.05) is 37.3 Å². The van der Waals surface area contributed by atoms with Gasteiger partial charge in [0.25, 0.3) is 23.1 Å². The number of H-pyrrole nitrogens is 1. The van der Waals surface area contributed by atoms with E-state index in [2.05, 4.69) is 10.1 Å². The summed E-state index contributed by atoms with van der Waals surface area (Å²) < 4.78 is 5.18. The normalized spacial score (nSPS) is 13.0. The van der Waals surface area contributed by atoms with Crippen LogP contribution in [-0.4, -0.2) is 38.3 Å². The molecule has 11 heteroatoms. The Kier molecular flexibility index (Phi) is 4.62. The summed E-state index contributed by atoms with van der Waals surface area (Å²) in [4.78, 5) is 50.9. The maximum atomic E-state index is 12.9. The lowest BCUT2D eigenvalue weighted by atomic mass is 10.0. The molecule has 0 aliphatic carbocycles. The van der Waals surface area contributed by atoms with Gasteiger partial charge < -0.3 is 20.1 Å². The van der Waals surface area contributed by atoms with E-state index in [4.69, 9.17) is 10.3 Å². The van der Waals surface area contributed by atoms with Crippen LogP contribution in [0.4, 0.5) is 5.69 Å². The Morgan fingerprint density at radius 1 is 1.27 bits per heavy atom. The van der Waals surface area contributed by atoms with Crippen LogP contribution in [0.1, 0.15) is 32.1 Å². The second kappa shape index (κ2) is 7.28. The predicted molar refractivity (Wildman–Crippen MR) is 103 cm³/mol. The van der Waals surface area contributed by atoms with E-state index in [0.29, 0.717) is 24.2 Å². The number of fused-ring (bicyclic) bond motifs is 1. The number of hydrogen-bond donors (Lipinski definition) is 2. The van der Waals surface area contributed by atoms with Gasteiger partial charge in [-0.25, -0.2) is 0 Å². The molecule has 3 N–H and O–H groups in total. The lowest BCUT2D eigenvalue weighted by Gasteiger charge is -2.28. The Balaban J connectivity index is 1.60. The first-order chi connectivity index (χ1) is 14.3. The van der Waals surface area contributed by atoms with Crippen molar-refractivity contribution in [1.82, 2.24) is 15.0 Å². The zero-order valence-electron chi connectivity index (χ0n) is 15.5. The van der Waals surface area contributed by atoms with Crippen molar-refractivity contribution in [2.24, 2.45) is 5.73 Å². The van der Waals surface area contributed by atoms with Gasteiger partial charge in [-0.15, -0.1) is 0 Å². The summed E-state index contributed by atoms with van der Waals surface area (Å²) in [5, 5.41) is 15.0. The Bertz CT molecular complexity index is 1240. The number of nitrogens with zero attached hydrogens (tertiary/aromatic N) is 3. The summed E-state index contributed by atoms with van der Waals surface area (Å²) in [5.74, 6) is -1.20. The van der Waals surface area contributed by atoms with Gasteiger partial charge in [0.1, 0.15) is 5.56 Å². The monoisotopic (exact) mass is 409 g/mol. The van der Waals surface area contributed by atoms with Crippen molar-refractivity contribution < 1.29 is 19.0 Å². The Morgan fingerprint density at radius 2 is 2.03 bits per heavy atom. The third-order valence-electron chi connectivity index (χ3n) is 4.86. The molecule has 0 saturated heterocycles. The molecule has 3 aromatic rings. The molecule has 0 unspecified atom stereocenters. The molecule has 0 fully saturated rings. The quantitative estimate of drug-likeness (QED) is 0.483. The first kappa shape index (κ1) is 19.1. The van der Waals surface area contributed by atoms with Crippen LogP contribution < -0.4 is 11.3 Å². The highest BCUT2D eigenvalue weighted by atomic mass is 16.6. The Labute approximate surface area is 168 Å². The van der Waals surface area contributed by atoms with Crippen molar-refractivity contribution in [3.63, 3.8) is 0 Å². The third-order valence-corrected chi connectivity index (χ3v) is 4.86. The number of nitrogens with one attached hydrogen (secondary N) is 1. The molecular formula is C19H15N5O6. The number of carbonyl (C=O) groups excluding carboxylic acids is 2. The Hall–Kier alpha value is -4.28. The van der Waals surface area contributed by atoms with Gasteiger partial charge in [-0.3, -0.25) is 24.5 Å². The number of nitro benzene ring substituents is 1. The van der Waals surface area contributed by atoms with E-state index >= 15 is 0 Å². The minimum Gasteiger partial charge on any atom is -0.365 e. The highest BCUT2D eigenvalue weighted by Gasteiger charge is 2.27. The van der Waals surface area contributed by atoms with Crippen molar-refractivity contribution >= 4 is 17.5 Å². The predicted octanol–water partition coefficient (Wildman–Crippen LogP) is 1.24. The lowest BCUT2D eigenvalue weighted by Crippen LogP contribution is -2.38. The number of nitro groups is 1. The second-order valence-electron chi connectivity index (χ2n) is 6.71. The van der Waals surface area contributed by atoms with Crippen LogP contribution in [0.5, 0.6) is 0 Å². The average Bonchev–Trinajstić information content (AvgIpc) is 3.22. The summed E-state index contributed by atoms with van der Waals surface area (Å²) in [6.45, 7) is 0.449. The molecule has 0 radical (unpaired) electrons. The number of benzene rings is 1. The molecule has 3 heterocycles. The van der Waals surface area contributed by atoms with Crippen molar-refractivity contribution in [1.29, 1.82) is 0 Å². The molecule has 1 aliphatic rings. The fourth-order valence-electron chi connectivity index (χ4n) is 3.37. The standard InChI is InChI=1S/C19H15N5O6/c20-17(25)12-7-10-9-23(6-5-13(10)21-18(12)26)19(27)14-8-16(30-22-14)11-3-1-2-4-15(11)24(28)29/h1-4,7-8H,5-6,9H2,(H2,20,25)(H,21,26). The van der Waals surface area contributed by atoms with Crippen molar-refractivity contribution in [3.05, 3.63) is 79.4 Å². The largest absolute Gasteiger partial charge is 0.365 e. The number of pyridine rings is 1. The molecule has 2 amide bonds. The van der Waals surface area contributed by atoms with Gasteiger partial charge in [-0.05, 0) is 17.7 Å². The average molecular weight is 409 g/mol. The van der Waals surface area contributed by atoms with E-state index in [9.17, 15) is 24.5 Å². The van der Waals surface area contributed by atoms with Crippen LogP contribution in [0.25, 0.3) is 11.3 Å². The number of aromatic amines is 1. The molecule has 0 bridgehead atoms. The fourth-order valence-corrected chi connectivity index (χ4v) is 3.37. The van der Waals surface area contributed by atoms with E-state index in [1.54, 1.807) is 6.07 Å². The first-order valence-electron chi connectivity index (χ1n) is 8.90. The number of rotatable bonds is 4. The molecule has 30 heavy (non-hydrogen) atoms. The van der Waals surface area contributed by atoms with Gasteiger partial charge in [0.2, 0.25) is 0 Å². The molecule has 1 aliphatic heterocycles. The van der Waals surface area contributed by atoms with E-state index < -0.39 is 22.3 Å². The van der Waals surface area contributed by atoms with Crippen LogP contribution in [-0.2, 0) is 13.0 Å². The van der Waals surface area contributed by atoms with Crippen molar-refractivity contribution in [2.75, 3.05) is 6.54 Å². The third kappa shape index (κ3) is 3.32. The summed E-state index contributed by atoms with van der Waals surface area (Å²) in [6.07, 6.45) is 0.379. The number of para-hydroxylation sites is 1. The number of primary amides is 1. The van der Waals surface area contributed by atoms with Crippen molar-refractivity contribution in [2.45, 2.75) is 13.0 Å². The summed E-state index contributed by atoms with van der Waals surface area (Å²) in [6, 6.07) is 8.72. The molecule has 0 saturated carbocycles. The fraction of sp³-hybridized carbons (Fsp3) is 0.158. The summed E-state index contributed by atoms with van der Waals surface area (Å²) in [7, 11) is 0. The number of amides is 2. The minimum atomic E-state index is -0.854. The van der Waals surface area contributed by atoms with E-state index in [-0.39, 0.29) is 34.8 Å². The van der Waals surface area contributed by atoms with Crippen LogP contribution in [0, 0.1) is 10.1 Å². The molecular weight excluding hydrogens is 394 g/mol. The highest BCUT2D eigenvalue weighted by molar-refractivity contribution is 5.94. The zero-order valence-corrected chi connectivity index (χ0v) is 15.5. The first-order valence-corrected chi connectivity index (χ1v) is 8.90. The minimum absolute atomic E-state index is 0.00819. The molecule has 1 aromatic carbocycles. The molecule has 4 rings (SSSR count). The molecule has 0 spiro atoms. The van der Waals surface area contributed by atoms with E-state index in [1.807, 2.05) is 0 Å². The molecule has 152 valence electrons. The summed E-state index contributed by atoms with van der Waals surface area (Å²) in [5.41, 5.74) is 5.75. The Morgan fingerprint density at radius 3 is 2.77 bits per heavy atom. The van der Waals surface area contributed by atoms with Crippen LogP contribution in [0.3, 0.4) is 0 Å². The topological polar surface area (TPSA) is 165 Å². The number of hydrogen-bond acceptors (Lipinski definition) is 7. The van der Waals surface area contributed by atoms with Gasteiger partial charge >= 0.3 is 0 Å². The van der Waals surface area contributed by atoms with Crippen LogP contribution in [0.2, 0.25) is 0 Å². The van der Waals surface area contributed by atoms with Gasteiger partial charge in [-0.2, -0.15) is 0 Å². The van der Waals surface area contributed by atoms with Gasteiger partial charge in [0.05, 0.1) is 10.5 Å². The number of nitrogens with two attached hydrogens (primary N) is 1. The lowest BCUT2D eigenvalue weighted by molar-refractivity contribution is -0.384. The zero-order chi connectivity index (χ0) is 21.4. The van der Waals surface area contributed by atoms with E-state index in [0.717, 1.165) is 0 Å². The summed E-state index contributed by atoms with van der Waals surface area (Å²) >= 11 is 0. The molecule has 11 nitrogen and oxygen atoms in total. The number of carbonyl (C=O) groups is 2.